The normalized spacial score (nSPS) is 16.8. The molecule has 2 aromatic rings. The van der Waals surface area contributed by atoms with Crippen molar-refractivity contribution in [3.8, 4) is 5.75 Å². The van der Waals surface area contributed by atoms with E-state index >= 15 is 0 Å². The van der Waals surface area contributed by atoms with Crippen molar-refractivity contribution in [2.75, 3.05) is 45.2 Å². The van der Waals surface area contributed by atoms with Gasteiger partial charge in [-0.1, -0.05) is 0 Å². The van der Waals surface area contributed by atoms with Crippen LogP contribution in [0.1, 0.15) is 25.0 Å². The number of nitrogens with zero attached hydrogens (tertiary/aromatic N) is 3. The number of carbonyl (C=O) groups is 1. The van der Waals surface area contributed by atoms with Crippen LogP contribution < -0.4 is 10.1 Å². The zero-order chi connectivity index (χ0) is 21.5. The van der Waals surface area contributed by atoms with Gasteiger partial charge in [-0.05, 0) is 43.8 Å². The molecule has 0 spiro atoms. The number of amidine groups is 1. The molecule has 0 bridgehead atoms. The molecule has 1 saturated heterocycles. The van der Waals surface area contributed by atoms with Crippen molar-refractivity contribution < 1.29 is 14.6 Å². The minimum absolute atomic E-state index is 0.551. The van der Waals surface area contributed by atoms with Gasteiger partial charge in [0.15, 0.2) is 0 Å². The number of rotatable bonds is 4. The van der Waals surface area contributed by atoms with Gasteiger partial charge in [0, 0.05) is 38.8 Å². The van der Waals surface area contributed by atoms with Crippen LogP contribution >= 0.6 is 11.3 Å². The predicted molar refractivity (Wildman–Crippen MR) is 121 cm³/mol. The Balaban J connectivity index is 1.59. The molecule has 4 rings (SSSR count). The van der Waals surface area contributed by atoms with E-state index in [1.165, 1.54) is 0 Å². The molecular formula is C22H28N4O3S. The lowest BCUT2D eigenvalue weighted by Gasteiger charge is -2.38. The quantitative estimate of drug-likeness (QED) is 0.768. The third kappa shape index (κ3) is 3.89. The minimum atomic E-state index is -0.755. The molecule has 1 fully saturated rings. The van der Waals surface area contributed by atoms with Crippen molar-refractivity contribution in [1.29, 1.82) is 0 Å². The zero-order valence-electron chi connectivity index (χ0n) is 17.9. The molecule has 3 heterocycles. The van der Waals surface area contributed by atoms with Crippen LogP contribution in [0.5, 0.6) is 5.75 Å². The molecule has 1 aromatic carbocycles. The summed E-state index contributed by atoms with van der Waals surface area (Å²) in [5.41, 5.74) is 3.25. The maximum Gasteiger partial charge on any atom is 0.310 e. The number of hydrogen-bond donors (Lipinski definition) is 2. The van der Waals surface area contributed by atoms with Crippen molar-refractivity contribution in [3.63, 3.8) is 0 Å². The van der Waals surface area contributed by atoms with Gasteiger partial charge < -0.3 is 20.1 Å². The van der Waals surface area contributed by atoms with Crippen LogP contribution in [0, 0.1) is 12.3 Å². The van der Waals surface area contributed by atoms with Crippen LogP contribution in [0.15, 0.2) is 28.6 Å². The minimum Gasteiger partial charge on any atom is -0.496 e. The number of carboxylic acids is 1. The Morgan fingerprint density at radius 1 is 1.30 bits per heavy atom. The lowest BCUT2D eigenvalue weighted by Crippen LogP contribution is -2.52. The third-order valence-corrected chi connectivity index (χ3v) is 6.59. The first-order chi connectivity index (χ1) is 14.3. The molecule has 2 N–H and O–H groups in total. The second kappa shape index (κ2) is 7.92. The van der Waals surface area contributed by atoms with Crippen LogP contribution in [0.4, 0.5) is 16.4 Å². The fourth-order valence-electron chi connectivity index (χ4n) is 3.95. The number of nitrogens with one attached hydrogen (secondary N) is 1. The number of fused-ring (bicyclic) bond motifs is 2. The van der Waals surface area contributed by atoms with Gasteiger partial charge in [0.1, 0.15) is 16.6 Å². The molecule has 0 saturated carbocycles. The summed E-state index contributed by atoms with van der Waals surface area (Å²) in [5.74, 6) is 1.06. The average molecular weight is 429 g/mol. The molecule has 0 amide bonds. The van der Waals surface area contributed by atoms with Crippen LogP contribution in [0.3, 0.4) is 0 Å². The number of anilines is 2. The zero-order valence-corrected chi connectivity index (χ0v) is 18.7. The number of aryl methyl sites for hydroxylation is 1. The van der Waals surface area contributed by atoms with Gasteiger partial charge in [-0.2, -0.15) is 0 Å². The highest BCUT2D eigenvalue weighted by Gasteiger charge is 2.32. The number of methoxy groups -OCH3 is 1. The molecule has 0 aliphatic carbocycles. The summed E-state index contributed by atoms with van der Waals surface area (Å²) in [6.07, 6.45) is 0. The monoisotopic (exact) mass is 428 g/mol. The number of thiophene rings is 1. The van der Waals surface area contributed by atoms with Crippen LogP contribution in [-0.4, -0.2) is 66.5 Å². The highest BCUT2D eigenvalue weighted by molar-refractivity contribution is 7.14. The topological polar surface area (TPSA) is 77.4 Å². The van der Waals surface area contributed by atoms with Crippen molar-refractivity contribution in [1.82, 2.24) is 9.80 Å². The molecule has 1 aromatic heterocycles. The summed E-state index contributed by atoms with van der Waals surface area (Å²) in [6, 6.07) is 6.18. The summed E-state index contributed by atoms with van der Waals surface area (Å²) in [4.78, 5) is 21.1. The van der Waals surface area contributed by atoms with Gasteiger partial charge in [-0.3, -0.25) is 9.69 Å². The van der Waals surface area contributed by atoms with E-state index in [1.807, 2.05) is 13.0 Å². The highest BCUT2D eigenvalue weighted by Crippen LogP contribution is 2.40. The maximum absolute atomic E-state index is 11.5. The Morgan fingerprint density at radius 2 is 2.03 bits per heavy atom. The van der Waals surface area contributed by atoms with Crippen molar-refractivity contribution in [2.24, 2.45) is 10.4 Å². The van der Waals surface area contributed by atoms with E-state index in [2.05, 4.69) is 32.6 Å². The molecule has 0 atom stereocenters. The van der Waals surface area contributed by atoms with Gasteiger partial charge in [0.2, 0.25) is 0 Å². The average Bonchev–Trinajstić information content (AvgIpc) is 3.10. The summed E-state index contributed by atoms with van der Waals surface area (Å²) in [5, 5.41) is 16.1. The number of benzene rings is 1. The molecule has 8 heteroatoms. The van der Waals surface area contributed by atoms with Gasteiger partial charge in [0.25, 0.3) is 0 Å². The standard InChI is InChI=1S/C22H28N4O3S/c1-14-11-16-17(12-18(14)29-4)24-20-15(5-10-30-20)19(23-16)26-8-6-25(7-9-26)13-22(2,3)21(27)28/h5,10-12,24H,6-9,13H2,1-4H3,(H,27,28). The predicted octanol–water partition coefficient (Wildman–Crippen LogP) is 3.93. The van der Waals surface area contributed by atoms with E-state index in [0.717, 1.165) is 65.3 Å². The second-order valence-corrected chi connectivity index (χ2v) is 9.43. The SMILES string of the molecule is COc1cc2c(cc1C)N=C(N1CCN(CC(C)(C)C(=O)O)CC1)c1ccsc1N2. The molecule has 0 radical (unpaired) electrons. The van der Waals surface area contributed by atoms with Crippen LogP contribution in [-0.2, 0) is 4.79 Å². The lowest BCUT2D eigenvalue weighted by molar-refractivity contribution is -0.148. The summed E-state index contributed by atoms with van der Waals surface area (Å²) < 4.78 is 5.49. The number of hydrogen-bond acceptors (Lipinski definition) is 7. The summed E-state index contributed by atoms with van der Waals surface area (Å²) in [6.45, 7) is 9.41. The number of ether oxygens (including phenoxy) is 1. The first-order valence-corrected chi connectivity index (χ1v) is 11.0. The van der Waals surface area contributed by atoms with E-state index < -0.39 is 11.4 Å². The molecule has 0 unspecified atom stereocenters. The Kier molecular flexibility index (Phi) is 5.46. The van der Waals surface area contributed by atoms with Crippen molar-refractivity contribution in [2.45, 2.75) is 20.8 Å². The van der Waals surface area contributed by atoms with E-state index in [-0.39, 0.29) is 0 Å². The van der Waals surface area contributed by atoms with E-state index in [9.17, 15) is 9.90 Å². The van der Waals surface area contributed by atoms with Crippen molar-refractivity contribution >= 4 is 39.5 Å². The van der Waals surface area contributed by atoms with Crippen LogP contribution in [0.25, 0.3) is 0 Å². The number of piperazine rings is 1. The fourth-order valence-corrected chi connectivity index (χ4v) is 4.75. The third-order valence-electron chi connectivity index (χ3n) is 5.76. The molecule has 2 aliphatic heterocycles. The first-order valence-electron chi connectivity index (χ1n) is 10.1. The summed E-state index contributed by atoms with van der Waals surface area (Å²) >= 11 is 1.66. The van der Waals surface area contributed by atoms with E-state index in [1.54, 1.807) is 32.3 Å². The van der Waals surface area contributed by atoms with Gasteiger partial charge in [-0.15, -0.1) is 11.3 Å². The van der Waals surface area contributed by atoms with Gasteiger partial charge in [-0.25, -0.2) is 4.99 Å². The first kappa shape index (κ1) is 20.7. The second-order valence-electron chi connectivity index (χ2n) is 8.52. The lowest BCUT2D eigenvalue weighted by atomic mass is 9.93. The van der Waals surface area contributed by atoms with Crippen LogP contribution in [0.2, 0.25) is 0 Å². The molecular weight excluding hydrogens is 400 g/mol. The number of aliphatic carboxylic acids is 1. The Morgan fingerprint density at radius 3 is 2.70 bits per heavy atom. The largest absolute Gasteiger partial charge is 0.496 e. The highest BCUT2D eigenvalue weighted by atomic mass is 32.1. The van der Waals surface area contributed by atoms with E-state index in [4.69, 9.17) is 9.73 Å². The van der Waals surface area contributed by atoms with Gasteiger partial charge >= 0.3 is 5.97 Å². The fraction of sp³-hybridized carbons (Fsp3) is 0.455. The Hall–Kier alpha value is -2.58. The number of aliphatic imine (C=N–C) groups is 1. The Labute approximate surface area is 181 Å². The molecule has 7 nitrogen and oxygen atoms in total. The smallest absolute Gasteiger partial charge is 0.310 e. The maximum atomic E-state index is 11.5. The molecule has 160 valence electrons. The summed E-state index contributed by atoms with van der Waals surface area (Å²) in [7, 11) is 1.68. The molecule has 30 heavy (non-hydrogen) atoms. The Bertz CT molecular complexity index is 990. The number of carboxylic acid groups (broad SMARTS) is 1. The van der Waals surface area contributed by atoms with Gasteiger partial charge in [0.05, 0.1) is 29.5 Å². The van der Waals surface area contributed by atoms with Crippen molar-refractivity contribution in [3.05, 3.63) is 34.7 Å². The van der Waals surface area contributed by atoms with E-state index in [0.29, 0.717) is 6.54 Å². The molecule has 2 aliphatic rings.